The largest absolute Gasteiger partial charge is 0.478 e. The highest BCUT2D eigenvalue weighted by molar-refractivity contribution is 7.93. The summed E-state index contributed by atoms with van der Waals surface area (Å²) in [6.45, 7) is 0. The summed E-state index contributed by atoms with van der Waals surface area (Å²) in [7, 11) is -8.33. The SMILES string of the molecule is O=C(Nc1ccc(C(F)(F)F)cc1)Nc1ccc(S(=O)(=O)Nc2ccccc2-c2cccc(NC(=O)Nc3ccc(S(=O)(=O)Nc4ccccc4C(=O)O)cc3)c2)cc1. The van der Waals surface area contributed by atoms with E-state index in [9.17, 15) is 49.5 Å². The monoisotopic (exact) mass is 844 g/mol. The molecule has 6 rings (SSSR count). The third kappa shape index (κ3) is 10.5. The van der Waals surface area contributed by atoms with Crippen molar-refractivity contribution in [2.75, 3.05) is 30.7 Å². The van der Waals surface area contributed by atoms with Crippen LogP contribution >= 0.6 is 0 Å². The van der Waals surface area contributed by atoms with Crippen molar-refractivity contribution in [3.63, 3.8) is 0 Å². The summed E-state index contributed by atoms with van der Waals surface area (Å²) < 4.78 is 95.9. The maximum Gasteiger partial charge on any atom is 0.416 e. The Morgan fingerprint density at radius 2 is 0.932 bits per heavy atom. The average Bonchev–Trinajstić information content (AvgIpc) is 3.18. The molecule has 0 atom stereocenters. The summed E-state index contributed by atoms with van der Waals surface area (Å²) in [5.74, 6) is -1.31. The number of alkyl halides is 3. The van der Waals surface area contributed by atoms with Crippen molar-refractivity contribution >= 4 is 72.2 Å². The fourth-order valence-corrected chi connectivity index (χ4v) is 7.68. The molecule has 6 aromatic rings. The minimum atomic E-state index is -4.53. The lowest BCUT2D eigenvalue weighted by atomic mass is 10.0. The molecule has 0 radical (unpaired) electrons. The number of sulfonamides is 2. The van der Waals surface area contributed by atoms with Gasteiger partial charge in [-0.05, 0) is 109 Å². The quantitative estimate of drug-likeness (QED) is 0.0630. The highest BCUT2D eigenvalue weighted by Crippen LogP contribution is 2.32. The van der Waals surface area contributed by atoms with E-state index in [2.05, 4.69) is 30.7 Å². The lowest BCUT2D eigenvalue weighted by Crippen LogP contribution is -2.20. The van der Waals surface area contributed by atoms with Gasteiger partial charge in [0.2, 0.25) is 0 Å². The van der Waals surface area contributed by atoms with Crippen LogP contribution in [-0.4, -0.2) is 40.0 Å². The van der Waals surface area contributed by atoms with E-state index >= 15 is 0 Å². The third-order valence-electron chi connectivity index (χ3n) is 8.32. The van der Waals surface area contributed by atoms with Crippen LogP contribution in [0.15, 0.2) is 155 Å². The fraction of sp³-hybridized carbons (Fsp3) is 0.0250. The number of para-hydroxylation sites is 2. The number of carbonyl (C=O) groups is 3. The summed E-state index contributed by atoms with van der Waals surface area (Å²) in [6, 6.07) is 31.4. The first kappa shape index (κ1) is 41.3. The van der Waals surface area contributed by atoms with Crippen molar-refractivity contribution in [2.45, 2.75) is 16.0 Å². The lowest BCUT2D eigenvalue weighted by Gasteiger charge is -2.15. The van der Waals surface area contributed by atoms with Crippen LogP contribution < -0.4 is 30.7 Å². The molecule has 0 unspecified atom stereocenters. The topological polar surface area (TPSA) is 212 Å². The molecule has 0 spiro atoms. The van der Waals surface area contributed by atoms with Crippen molar-refractivity contribution in [1.29, 1.82) is 0 Å². The molecule has 0 aliphatic rings. The van der Waals surface area contributed by atoms with Crippen molar-refractivity contribution in [2.24, 2.45) is 0 Å². The molecule has 6 aromatic carbocycles. The Hall–Kier alpha value is -7.38. The van der Waals surface area contributed by atoms with Crippen molar-refractivity contribution in [1.82, 2.24) is 0 Å². The summed E-state index contributed by atoms with van der Waals surface area (Å²) in [5.41, 5.74) is 0.899. The normalized spacial score (nSPS) is 11.5. The van der Waals surface area contributed by atoms with Crippen LogP contribution in [0.5, 0.6) is 0 Å². The predicted octanol–water partition coefficient (Wildman–Crippen LogP) is 8.96. The smallest absolute Gasteiger partial charge is 0.416 e. The summed E-state index contributed by atoms with van der Waals surface area (Å²) in [5, 5.41) is 19.5. The number of urea groups is 2. The first-order valence-corrected chi connectivity index (χ1v) is 20.0. The number of carboxylic acid groups (broad SMARTS) is 1. The highest BCUT2D eigenvalue weighted by atomic mass is 32.2. The number of hydrogen-bond acceptors (Lipinski definition) is 7. The first-order chi connectivity index (χ1) is 28.0. The molecule has 59 heavy (non-hydrogen) atoms. The molecule has 7 N–H and O–H groups in total. The molecule has 302 valence electrons. The van der Waals surface area contributed by atoms with Gasteiger partial charge < -0.3 is 26.4 Å². The molecule has 0 fully saturated rings. The molecule has 0 aliphatic heterocycles. The average molecular weight is 845 g/mol. The van der Waals surface area contributed by atoms with Crippen LogP contribution in [0.1, 0.15) is 15.9 Å². The van der Waals surface area contributed by atoms with Crippen LogP contribution in [0, 0.1) is 0 Å². The number of amides is 4. The second kappa shape index (κ2) is 17.0. The molecule has 0 saturated heterocycles. The van der Waals surface area contributed by atoms with E-state index in [0.29, 0.717) is 16.8 Å². The van der Waals surface area contributed by atoms with Gasteiger partial charge in [-0.25, -0.2) is 31.2 Å². The molecular formula is C40H31F3N6O8S2. The Bertz CT molecular complexity index is 2750. The zero-order chi connectivity index (χ0) is 42.4. The van der Waals surface area contributed by atoms with E-state index in [1.165, 1.54) is 72.8 Å². The molecule has 4 amide bonds. The molecule has 0 heterocycles. The number of nitrogens with one attached hydrogen (secondary N) is 6. The number of anilines is 6. The standard InChI is InChI=1S/C40H31F3N6O8S2/c41-40(42,43)26-12-14-27(15-13-26)44-38(52)45-28-16-20-31(21-17-28)58(54,55)48-35-10-3-1-8-33(35)25-6-5-7-30(24-25)47-39(53)46-29-18-22-32(23-19-29)59(56,57)49-36-11-4-2-9-34(36)37(50)51/h1-24,48-49H,(H,50,51)(H2,44,45,52)(H2,46,47,53). The molecule has 0 bridgehead atoms. The van der Waals surface area contributed by atoms with E-state index in [1.54, 1.807) is 48.5 Å². The van der Waals surface area contributed by atoms with Crippen LogP contribution in [-0.2, 0) is 26.2 Å². The highest BCUT2D eigenvalue weighted by Gasteiger charge is 2.30. The van der Waals surface area contributed by atoms with Gasteiger partial charge in [-0.2, -0.15) is 13.2 Å². The van der Waals surface area contributed by atoms with E-state index in [-0.39, 0.29) is 43.8 Å². The Balaban J connectivity index is 1.07. The summed E-state index contributed by atoms with van der Waals surface area (Å²) >= 11 is 0. The van der Waals surface area contributed by atoms with Gasteiger partial charge in [-0.15, -0.1) is 0 Å². The van der Waals surface area contributed by atoms with Gasteiger partial charge in [0.05, 0.1) is 32.3 Å². The minimum Gasteiger partial charge on any atom is -0.478 e. The Kier molecular flexibility index (Phi) is 11.9. The van der Waals surface area contributed by atoms with Crippen LogP contribution in [0.2, 0.25) is 0 Å². The van der Waals surface area contributed by atoms with Crippen LogP contribution in [0.4, 0.5) is 56.9 Å². The number of carbonyl (C=O) groups excluding carboxylic acids is 2. The molecule has 19 heteroatoms. The lowest BCUT2D eigenvalue weighted by molar-refractivity contribution is -0.137. The third-order valence-corrected chi connectivity index (χ3v) is 11.1. The van der Waals surface area contributed by atoms with Crippen LogP contribution in [0.25, 0.3) is 11.1 Å². The molecule has 0 saturated carbocycles. The van der Waals surface area contributed by atoms with Crippen molar-refractivity contribution < 1.29 is 49.5 Å². The van der Waals surface area contributed by atoms with Gasteiger partial charge in [-0.3, -0.25) is 9.44 Å². The summed E-state index contributed by atoms with van der Waals surface area (Å²) in [4.78, 5) is 36.5. The van der Waals surface area contributed by atoms with Crippen molar-refractivity contribution in [3.05, 3.63) is 157 Å². The molecular weight excluding hydrogens is 814 g/mol. The van der Waals surface area contributed by atoms with Gasteiger partial charge >= 0.3 is 24.2 Å². The zero-order valence-electron chi connectivity index (χ0n) is 30.1. The molecule has 14 nitrogen and oxygen atoms in total. The van der Waals surface area contributed by atoms with E-state index in [4.69, 9.17) is 0 Å². The summed E-state index contributed by atoms with van der Waals surface area (Å²) in [6.07, 6.45) is -4.53. The van der Waals surface area contributed by atoms with E-state index in [0.717, 1.165) is 24.3 Å². The van der Waals surface area contributed by atoms with Gasteiger partial charge in [0.1, 0.15) is 0 Å². The zero-order valence-corrected chi connectivity index (χ0v) is 31.7. The Labute approximate surface area is 335 Å². The molecule has 0 aliphatic carbocycles. The second-order valence-corrected chi connectivity index (χ2v) is 15.8. The maximum atomic E-state index is 13.4. The number of rotatable bonds is 12. The Morgan fingerprint density at radius 1 is 0.492 bits per heavy atom. The first-order valence-electron chi connectivity index (χ1n) is 17.1. The number of carboxylic acids is 1. The number of halogens is 3. The van der Waals surface area contributed by atoms with Gasteiger partial charge in [-0.1, -0.05) is 42.5 Å². The molecule has 0 aromatic heterocycles. The maximum absolute atomic E-state index is 13.4. The van der Waals surface area contributed by atoms with Gasteiger partial charge in [0, 0.05) is 28.3 Å². The Morgan fingerprint density at radius 3 is 1.44 bits per heavy atom. The van der Waals surface area contributed by atoms with Gasteiger partial charge in [0.15, 0.2) is 0 Å². The second-order valence-electron chi connectivity index (χ2n) is 12.5. The van der Waals surface area contributed by atoms with Crippen molar-refractivity contribution in [3.8, 4) is 11.1 Å². The number of aromatic carboxylic acids is 1. The number of hydrogen-bond donors (Lipinski definition) is 7. The van der Waals surface area contributed by atoms with Crippen LogP contribution in [0.3, 0.4) is 0 Å². The number of benzene rings is 6. The minimum absolute atomic E-state index is 0.111. The van der Waals surface area contributed by atoms with Gasteiger partial charge in [0.25, 0.3) is 20.0 Å². The van der Waals surface area contributed by atoms with E-state index in [1.807, 2.05) is 0 Å². The van der Waals surface area contributed by atoms with E-state index < -0.39 is 49.8 Å². The predicted molar refractivity (Wildman–Crippen MR) is 217 cm³/mol. The fourth-order valence-electron chi connectivity index (χ4n) is 5.52.